The molecule has 0 aliphatic carbocycles. The molecule has 0 unspecified atom stereocenters. The van der Waals surface area contributed by atoms with E-state index in [0.29, 0.717) is 24.2 Å². The molecule has 148 valence electrons. The molecule has 3 aromatic rings. The monoisotopic (exact) mass is 381 g/mol. The number of esters is 1. The third-order valence-corrected chi connectivity index (χ3v) is 4.98. The second-order valence-electron chi connectivity index (χ2n) is 6.87. The Kier molecular flexibility index (Phi) is 6.37. The van der Waals surface area contributed by atoms with E-state index in [1.807, 2.05) is 6.07 Å². The minimum Gasteiger partial charge on any atom is -0.496 e. The van der Waals surface area contributed by atoms with Gasteiger partial charge in [0.2, 0.25) is 0 Å². The van der Waals surface area contributed by atoms with Crippen molar-refractivity contribution in [3.05, 3.63) is 64.8 Å². The number of benzene rings is 2. The Hall–Kier alpha value is -2.79. The Bertz CT molecular complexity index is 974. The molecule has 1 heterocycles. The molecule has 0 amide bonds. The third kappa shape index (κ3) is 4.04. The number of carbonyl (C=O) groups is 1. The van der Waals surface area contributed by atoms with Crippen molar-refractivity contribution in [2.45, 2.75) is 32.7 Å². The highest BCUT2D eigenvalue weighted by Gasteiger charge is 2.14. The van der Waals surface area contributed by atoms with Gasteiger partial charge in [-0.15, -0.1) is 0 Å². The Morgan fingerprint density at radius 3 is 2.61 bits per heavy atom. The van der Waals surface area contributed by atoms with Crippen molar-refractivity contribution in [1.82, 2.24) is 4.57 Å². The van der Waals surface area contributed by atoms with Gasteiger partial charge in [-0.3, -0.25) is 0 Å². The van der Waals surface area contributed by atoms with Gasteiger partial charge in [-0.05, 0) is 53.8 Å². The molecule has 5 nitrogen and oxygen atoms in total. The minimum absolute atomic E-state index is 0.138. The fourth-order valence-corrected chi connectivity index (χ4v) is 3.61. The summed E-state index contributed by atoms with van der Waals surface area (Å²) in [5.74, 6) is 0.295. The number of fused-ring (bicyclic) bond motifs is 1. The van der Waals surface area contributed by atoms with Crippen LogP contribution < -0.4 is 4.74 Å². The Morgan fingerprint density at radius 2 is 1.93 bits per heavy atom. The van der Waals surface area contributed by atoms with Crippen molar-refractivity contribution in [3.63, 3.8) is 0 Å². The van der Waals surface area contributed by atoms with Crippen LogP contribution in [0.1, 0.15) is 40.4 Å². The molecule has 0 saturated carbocycles. The first-order valence-corrected chi connectivity index (χ1v) is 9.58. The number of aromatic nitrogens is 1. The number of carbonyl (C=O) groups excluding carboxylic acids is 1. The molecule has 0 fully saturated rings. The molecule has 0 atom stereocenters. The van der Waals surface area contributed by atoms with E-state index in [2.05, 4.69) is 35.9 Å². The van der Waals surface area contributed by atoms with Gasteiger partial charge in [0.25, 0.3) is 0 Å². The van der Waals surface area contributed by atoms with Gasteiger partial charge >= 0.3 is 5.97 Å². The molecule has 28 heavy (non-hydrogen) atoms. The van der Waals surface area contributed by atoms with E-state index in [4.69, 9.17) is 9.47 Å². The first-order chi connectivity index (χ1) is 13.6. The summed E-state index contributed by atoms with van der Waals surface area (Å²) in [7, 11) is 2.98. The minimum atomic E-state index is -0.377. The molecular weight excluding hydrogens is 354 g/mol. The maximum Gasteiger partial charge on any atom is 0.337 e. The van der Waals surface area contributed by atoms with E-state index in [1.54, 1.807) is 19.2 Å². The van der Waals surface area contributed by atoms with Crippen LogP contribution in [-0.2, 0) is 24.1 Å². The summed E-state index contributed by atoms with van der Waals surface area (Å²) in [6, 6.07) is 11.8. The normalized spacial score (nSPS) is 11.0. The lowest BCUT2D eigenvalue weighted by molar-refractivity contribution is 0.0600. The number of aliphatic hydroxyl groups is 1. The topological polar surface area (TPSA) is 60.7 Å². The maximum atomic E-state index is 11.8. The number of hydrogen-bond donors (Lipinski definition) is 1. The van der Waals surface area contributed by atoms with Gasteiger partial charge in [-0.2, -0.15) is 0 Å². The predicted molar refractivity (Wildman–Crippen MR) is 110 cm³/mol. The number of aliphatic hydroxyl groups excluding tert-OH is 1. The van der Waals surface area contributed by atoms with Crippen molar-refractivity contribution < 1.29 is 19.4 Å². The SMILES string of the molecule is CCCn1cc(Cc2ccc(C(=O)OC)cc2OC)c2cc(CCO)ccc21. The van der Waals surface area contributed by atoms with Gasteiger partial charge in [0.1, 0.15) is 5.75 Å². The lowest BCUT2D eigenvalue weighted by Crippen LogP contribution is -2.03. The Labute approximate surface area is 165 Å². The van der Waals surface area contributed by atoms with E-state index < -0.39 is 0 Å². The number of aryl methyl sites for hydroxylation is 1. The van der Waals surface area contributed by atoms with Crippen LogP contribution in [0.25, 0.3) is 10.9 Å². The van der Waals surface area contributed by atoms with Gasteiger partial charge in [-0.25, -0.2) is 4.79 Å². The zero-order chi connectivity index (χ0) is 20.1. The zero-order valence-corrected chi connectivity index (χ0v) is 16.7. The zero-order valence-electron chi connectivity index (χ0n) is 16.7. The van der Waals surface area contributed by atoms with Crippen LogP contribution in [-0.4, -0.2) is 36.5 Å². The summed E-state index contributed by atoms with van der Waals surface area (Å²) >= 11 is 0. The molecule has 0 radical (unpaired) electrons. The van der Waals surface area contributed by atoms with E-state index in [0.717, 1.165) is 24.1 Å². The van der Waals surface area contributed by atoms with E-state index in [1.165, 1.54) is 23.6 Å². The van der Waals surface area contributed by atoms with Gasteiger partial charge in [0.05, 0.1) is 19.8 Å². The summed E-state index contributed by atoms with van der Waals surface area (Å²) in [6.45, 7) is 3.26. The van der Waals surface area contributed by atoms with Gasteiger partial charge in [0, 0.05) is 36.7 Å². The number of methoxy groups -OCH3 is 2. The highest BCUT2D eigenvalue weighted by molar-refractivity contribution is 5.90. The molecule has 0 bridgehead atoms. The molecule has 2 aromatic carbocycles. The molecule has 0 spiro atoms. The van der Waals surface area contributed by atoms with E-state index in [-0.39, 0.29) is 12.6 Å². The van der Waals surface area contributed by atoms with E-state index in [9.17, 15) is 9.90 Å². The third-order valence-electron chi connectivity index (χ3n) is 4.98. The van der Waals surface area contributed by atoms with Crippen molar-refractivity contribution in [1.29, 1.82) is 0 Å². The average Bonchev–Trinajstić information content (AvgIpc) is 3.05. The average molecular weight is 381 g/mol. The van der Waals surface area contributed by atoms with E-state index >= 15 is 0 Å². The van der Waals surface area contributed by atoms with Crippen LogP contribution in [0.2, 0.25) is 0 Å². The lowest BCUT2D eigenvalue weighted by atomic mass is 10.00. The number of hydrogen-bond acceptors (Lipinski definition) is 4. The van der Waals surface area contributed by atoms with Gasteiger partial charge in [-0.1, -0.05) is 19.1 Å². The highest BCUT2D eigenvalue weighted by Crippen LogP contribution is 2.29. The van der Waals surface area contributed by atoms with Crippen LogP contribution >= 0.6 is 0 Å². The van der Waals surface area contributed by atoms with Crippen molar-refractivity contribution in [2.24, 2.45) is 0 Å². The largest absolute Gasteiger partial charge is 0.496 e. The van der Waals surface area contributed by atoms with Crippen LogP contribution in [0.3, 0.4) is 0 Å². The molecule has 0 saturated heterocycles. The van der Waals surface area contributed by atoms with Crippen molar-refractivity contribution in [2.75, 3.05) is 20.8 Å². The second-order valence-corrected chi connectivity index (χ2v) is 6.87. The van der Waals surface area contributed by atoms with Crippen LogP contribution in [0, 0.1) is 0 Å². The smallest absolute Gasteiger partial charge is 0.337 e. The fourth-order valence-electron chi connectivity index (χ4n) is 3.61. The summed E-state index contributed by atoms with van der Waals surface area (Å²) in [6.07, 6.45) is 4.59. The molecule has 3 rings (SSSR count). The molecular formula is C23H27NO4. The number of nitrogens with zero attached hydrogens (tertiary/aromatic N) is 1. The van der Waals surface area contributed by atoms with Gasteiger partial charge < -0.3 is 19.1 Å². The maximum absolute atomic E-state index is 11.8. The molecule has 0 aliphatic rings. The lowest BCUT2D eigenvalue weighted by Gasteiger charge is -2.10. The van der Waals surface area contributed by atoms with Crippen molar-refractivity contribution >= 4 is 16.9 Å². The summed E-state index contributed by atoms with van der Waals surface area (Å²) in [4.78, 5) is 11.8. The van der Waals surface area contributed by atoms with Gasteiger partial charge in [0.15, 0.2) is 0 Å². The molecule has 1 aromatic heterocycles. The summed E-state index contributed by atoms with van der Waals surface area (Å²) < 4.78 is 12.6. The fraction of sp³-hybridized carbons (Fsp3) is 0.348. The summed E-state index contributed by atoms with van der Waals surface area (Å²) in [5, 5.41) is 10.5. The Balaban J connectivity index is 2.03. The molecule has 1 N–H and O–H groups in total. The first kappa shape index (κ1) is 20.0. The Morgan fingerprint density at radius 1 is 1.11 bits per heavy atom. The number of rotatable bonds is 8. The van der Waals surface area contributed by atoms with Crippen LogP contribution in [0.5, 0.6) is 5.75 Å². The predicted octanol–water partition coefficient (Wildman–Crippen LogP) is 3.97. The molecule has 5 heteroatoms. The standard InChI is InChI=1S/C23H27NO4/c1-4-10-24-15-19(20-12-16(9-11-25)5-8-21(20)24)13-17-6-7-18(23(26)28-3)14-22(17)27-2/h5-8,12,14-15,25H,4,9-11,13H2,1-3H3. The van der Waals surface area contributed by atoms with Crippen molar-refractivity contribution in [3.8, 4) is 5.75 Å². The first-order valence-electron chi connectivity index (χ1n) is 9.58. The summed E-state index contributed by atoms with van der Waals surface area (Å²) in [5.41, 5.74) is 5.01. The van der Waals surface area contributed by atoms with Crippen LogP contribution in [0.4, 0.5) is 0 Å². The number of ether oxygens (including phenoxy) is 2. The molecule has 0 aliphatic heterocycles. The highest BCUT2D eigenvalue weighted by atomic mass is 16.5. The quantitative estimate of drug-likeness (QED) is 0.600. The second kappa shape index (κ2) is 8.93. The van der Waals surface area contributed by atoms with Crippen LogP contribution in [0.15, 0.2) is 42.6 Å².